The number of hydrogen-bond acceptors (Lipinski definition) is 5. The minimum absolute atomic E-state index is 0.0767. The monoisotopic (exact) mass is 406 g/mol. The van der Waals surface area contributed by atoms with Gasteiger partial charge in [0.05, 0.1) is 13.0 Å². The summed E-state index contributed by atoms with van der Waals surface area (Å²) in [7, 11) is 0. The molecular formula is C23H26N4O3. The first-order valence-electron chi connectivity index (χ1n) is 10.4. The Hall–Kier alpha value is -3.22. The molecule has 1 unspecified atom stereocenters. The van der Waals surface area contributed by atoms with Gasteiger partial charge in [0.1, 0.15) is 6.04 Å². The predicted molar refractivity (Wildman–Crippen MR) is 113 cm³/mol. The fraction of sp³-hybridized carbons (Fsp3) is 0.391. The molecule has 0 bridgehead atoms. The van der Waals surface area contributed by atoms with Crippen LogP contribution in [0.15, 0.2) is 47.0 Å². The van der Waals surface area contributed by atoms with E-state index in [1.807, 2.05) is 56.3 Å². The molecule has 156 valence electrons. The lowest BCUT2D eigenvalue weighted by Crippen LogP contribution is -2.40. The van der Waals surface area contributed by atoms with E-state index in [0.717, 1.165) is 29.2 Å². The van der Waals surface area contributed by atoms with Gasteiger partial charge >= 0.3 is 0 Å². The number of rotatable bonds is 8. The number of benzene rings is 2. The van der Waals surface area contributed by atoms with E-state index in [1.54, 1.807) is 0 Å². The topological polar surface area (TPSA) is 97.1 Å². The molecule has 0 radical (unpaired) electrons. The number of hydrogen-bond donors (Lipinski definition) is 2. The molecule has 3 aromatic rings. The lowest BCUT2D eigenvalue weighted by atomic mass is 10.0. The SMILES string of the molecule is CC(C)C(NC(=O)CNC(=O)Cc1cccc2ccccc12)c1nc(C2CC2)no1. The van der Waals surface area contributed by atoms with Crippen molar-refractivity contribution < 1.29 is 14.1 Å². The summed E-state index contributed by atoms with van der Waals surface area (Å²) in [5.41, 5.74) is 0.935. The largest absolute Gasteiger partial charge is 0.347 e. The van der Waals surface area contributed by atoms with Gasteiger partial charge in [-0.05, 0) is 35.1 Å². The van der Waals surface area contributed by atoms with Crippen LogP contribution in [0.25, 0.3) is 10.8 Å². The summed E-state index contributed by atoms with van der Waals surface area (Å²) in [5.74, 6) is 1.12. The van der Waals surface area contributed by atoms with Crippen molar-refractivity contribution in [2.75, 3.05) is 6.54 Å². The zero-order chi connectivity index (χ0) is 21.1. The fourth-order valence-corrected chi connectivity index (χ4v) is 3.48. The second kappa shape index (κ2) is 8.65. The van der Waals surface area contributed by atoms with Crippen LogP contribution in [0.5, 0.6) is 0 Å². The van der Waals surface area contributed by atoms with Crippen molar-refractivity contribution in [3.8, 4) is 0 Å². The number of amides is 2. The van der Waals surface area contributed by atoms with Crippen molar-refractivity contribution in [3.05, 3.63) is 59.7 Å². The van der Waals surface area contributed by atoms with Gasteiger partial charge in [-0.2, -0.15) is 4.98 Å². The second-order valence-electron chi connectivity index (χ2n) is 8.15. The minimum Gasteiger partial charge on any atom is -0.347 e. The van der Waals surface area contributed by atoms with Crippen LogP contribution in [0.3, 0.4) is 0 Å². The number of nitrogens with zero attached hydrogens (tertiary/aromatic N) is 2. The summed E-state index contributed by atoms with van der Waals surface area (Å²) in [6, 6.07) is 13.4. The molecule has 7 heteroatoms. The molecule has 1 aliphatic carbocycles. The van der Waals surface area contributed by atoms with Crippen LogP contribution < -0.4 is 10.6 Å². The van der Waals surface area contributed by atoms with Gasteiger partial charge in [-0.15, -0.1) is 0 Å². The van der Waals surface area contributed by atoms with E-state index in [9.17, 15) is 9.59 Å². The zero-order valence-electron chi connectivity index (χ0n) is 17.2. The zero-order valence-corrected chi connectivity index (χ0v) is 17.2. The number of carbonyl (C=O) groups excluding carboxylic acids is 2. The molecular weight excluding hydrogens is 380 g/mol. The summed E-state index contributed by atoms with van der Waals surface area (Å²) >= 11 is 0. The van der Waals surface area contributed by atoms with Crippen LogP contribution in [0.1, 0.15) is 55.9 Å². The summed E-state index contributed by atoms with van der Waals surface area (Å²) in [6.07, 6.45) is 2.39. The van der Waals surface area contributed by atoms with Gasteiger partial charge in [-0.25, -0.2) is 0 Å². The van der Waals surface area contributed by atoms with Crippen molar-refractivity contribution in [2.45, 2.75) is 45.1 Å². The van der Waals surface area contributed by atoms with Crippen LogP contribution in [-0.4, -0.2) is 28.5 Å². The molecule has 4 rings (SSSR count). The minimum atomic E-state index is -0.382. The lowest BCUT2D eigenvalue weighted by molar-refractivity contribution is -0.126. The third kappa shape index (κ3) is 4.67. The molecule has 0 aliphatic heterocycles. The maximum absolute atomic E-state index is 12.4. The summed E-state index contributed by atoms with van der Waals surface area (Å²) in [6.45, 7) is 3.85. The fourth-order valence-electron chi connectivity index (χ4n) is 3.48. The summed E-state index contributed by atoms with van der Waals surface area (Å²) in [5, 5.41) is 11.8. The highest BCUT2D eigenvalue weighted by Gasteiger charge is 2.31. The quantitative estimate of drug-likeness (QED) is 0.598. The Balaban J connectivity index is 1.33. The van der Waals surface area contributed by atoms with Crippen LogP contribution in [-0.2, 0) is 16.0 Å². The Morgan fingerprint density at radius 3 is 2.63 bits per heavy atom. The highest BCUT2D eigenvalue weighted by molar-refractivity contribution is 5.91. The molecule has 1 aliphatic rings. The van der Waals surface area contributed by atoms with Crippen LogP contribution >= 0.6 is 0 Å². The van der Waals surface area contributed by atoms with Crippen LogP contribution in [0.2, 0.25) is 0 Å². The van der Waals surface area contributed by atoms with Crippen molar-refractivity contribution in [2.24, 2.45) is 5.92 Å². The molecule has 1 heterocycles. The highest BCUT2D eigenvalue weighted by Crippen LogP contribution is 2.38. The third-order valence-electron chi connectivity index (χ3n) is 5.33. The molecule has 1 atom stereocenters. The molecule has 2 N–H and O–H groups in total. The normalized spacial score (nSPS) is 14.6. The Bertz CT molecular complexity index is 1050. The van der Waals surface area contributed by atoms with Gasteiger partial charge < -0.3 is 15.2 Å². The first kappa shape index (κ1) is 20.1. The third-order valence-corrected chi connectivity index (χ3v) is 5.33. The average molecular weight is 406 g/mol. The van der Waals surface area contributed by atoms with Crippen LogP contribution in [0.4, 0.5) is 0 Å². The maximum atomic E-state index is 12.4. The van der Waals surface area contributed by atoms with Gasteiger partial charge in [0, 0.05) is 5.92 Å². The van der Waals surface area contributed by atoms with Crippen LogP contribution in [0, 0.1) is 5.92 Å². The predicted octanol–water partition coefficient (Wildman–Crippen LogP) is 3.27. The summed E-state index contributed by atoms with van der Waals surface area (Å²) < 4.78 is 5.37. The molecule has 1 aromatic heterocycles. The standard InChI is InChI=1S/C23H26N4O3/c1-14(2)21(23-26-22(27-30-23)16-10-11-16)25-20(29)13-24-19(28)12-17-8-5-7-15-6-3-4-9-18(15)17/h3-9,14,16,21H,10-13H2,1-2H3,(H,24,28)(H,25,29). The average Bonchev–Trinajstić information content (AvgIpc) is 3.48. The Morgan fingerprint density at radius 2 is 1.87 bits per heavy atom. The van der Waals surface area contributed by atoms with Gasteiger partial charge in [-0.1, -0.05) is 61.5 Å². The molecule has 2 aromatic carbocycles. The van der Waals surface area contributed by atoms with Crippen molar-refractivity contribution in [1.82, 2.24) is 20.8 Å². The van der Waals surface area contributed by atoms with Crippen molar-refractivity contribution in [1.29, 1.82) is 0 Å². The van der Waals surface area contributed by atoms with Crippen molar-refractivity contribution >= 4 is 22.6 Å². The number of aromatic nitrogens is 2. The Kier molecular flexibility index (Phi) is 5.79. The maximum Gasteiger partial charge on any atom is 0.249 e. The van der Waals surface area contributed by atoms with E-state index in [1.165, 1.54) is 0 Å². The Labute approximate surface area is 175 Å². The smallest absolute Gasteiger partial charge is 0.249 e. The molecule has 2 amide bonds. The summed E-state index contributed by atoms with van der Waals surface area (Å²) in [4.78, 5) is 29.3. The first-order chi connectivity index (χ1) is 14.5. The second-order valence-corrected chi connectivity index (χ2v) is 8.15. The van der Waals surface area contributed by atoms with E-state index < -0.39 is 0 Å². The molecule has 0 spiro atoms. The van der Waals surface area contributed by atoms with E-state index in [4.69, 9.17) is 4.52 Å². The molecule has 7 nitrogen and oxygen atoms in total. The van der Waals surface area contributed by atoms with Gasteiger partial charge in [-0.3, -0.25) is 9.59 Å². The highest BCUT2D eigenvalue weighted by atomic mass is 16.5. The van der Waals surface area contributed by atoms with E-state index in [-0.39, 0.29) is 36.7 Å². The van der Waals surface area contributed by atoms with E-state index >= 15 is 0 Å². The van der Waals surface area contributed by atoms with Gasteiger partial charge in [0.15, 0.2) is 5.82 Å². The van der Waals surface area contributed by atoms with E-state index in [0.29, 0.717) is 17.6 Å². The first-order valence-corrected chi connectivity index (χ1v) is 10.4. The lowest BCUT2D eigenvalue weighted by Gasteiger charge is -2.18. The number of fused-ring (bicyclic) bond motifs is 1. The van der Waals surface area contributed by atoms with Gasteiger partial charge in [0.2, 0.25) is 17.7 Å². The number of nitrogens with one attached hydrogen (secondary N) is 2. The van der Waals surface area contributed by atoms with E-state index in [2.05, 4.69) is 20.8 Å². The van der Waals surface area contributed by atoms with Gasteiger partial charge in [0.25, 0.3) is 0 Å². The molecule has 30 heavy (non-hydrogen) atoms. The number of carbonyl (C=O) groups is 2. The van der Waals surface area contributed by atoms with Crippen molar-refractivity contribution in [3.63, 3.8) is 0 Å². The molecule has 1 saturated carbocycles. The molecule has 1 fully saturated rings. The molecule has 0 saturated heterocycles. The Morgan fingerprint density at radius 1 is 1.10 bits per heavy atom.